The number of ether oxygens (including phenoxy) is 1. The first-order valence-corrected chi connectivity index (χ1v) is 5.80. The van der Waals surface area contributed by atoms with Crippen LogP contribution in [0.3, 0.4) is 0 Å². The van der Waals surface area contributed by atoms with Gasteiger partial charge in [0.2, 0.25) is 5.91 Å². The fraction of sp³-hybridized carbons (Fsp3) is 0.429. The lowest BCUT2D eigenvalue weighted by Gasteiger charge is -2.22. The first-order valence-electron chi connectivity index (χ1n) is 5.80. The molecule has 0 saturated heterocycles. The third-order valence-electron chi connectivity index (χ3n) is 2.86. The molecular weight excluding hydrogens is 230 g/mol. The molecule has 0 heterocycles. The van der Waals surface area contributed by atoms with Crippen LogP contribution in [-0.4, -0.2) is 26.0 Å². The number of hydrogen-bond donors (Lipinski definition) is 1. The van der Waals surface area contributed by atoms with Gasteiger partial charge in [-0.3, -0.25) is 4.79 Å². The van der Waals surface area contributed by atoms with E-state index in [-0.39, 0.29) is 11.9 Å². The molecule has 4 nitrogen and oxygen atoms in total. The molecule has 0 atom stereocenters. The van der Waals surface area contributed by atoms with Gasteiger partial charge in [-0.2, -0.15) is 0 Å². The van der Waals surface area contributed by atoms with Crippen molar-refractivity contribution in [2.24, 2.45) is 5.41 Å². The van der Waals surface area contributed by atoms with Crippen molar-refractivity contribution >= 4 is 11.9 Å². The molecule has 0 bridgehead atoms. The van der Waals surface area contributed by atoms with Crippen LogP contribution < -0.4 is 5.32 Å². The zero-order valence-electron chi connectivity index (χ0n) is 11.2. The van der Waals surface area contributed by atoms with E-state index in [1.165, 1.54) is 7.11 Å². The van der Waals surface area contributed by atoms with Crippen molar-refractivity contribution in [2.75, 3.05) is 14.2 Å². The van der Waals surface area contributed by atoms with Crippen molar-refractivity contribution in [3.8, 4) is 0 Å². The maximum Gasteiger partial charge on any atom is 0.337 e. The van der Waals surface area contributed by atoms with E-state index in [2.05, 4.69) is 10.1 Å². The molecule has 1 aromatic rings. The molecule has 0 aliphatic carbocycles. The molecule has 0 aromatic heterocycles. The maximum atomic E-state index is 11.7. The molecule has 1 N–H and O–H groups in total. The third kappa shape index (κ3) is 3.32. The van der Waals surface area contributed by atoms with E-state index in [9.17, 15) is 9.59 Å². The SMILES string of the molecule is CNC(=O)C(C)(C)Cc1ccc(C(=O)OC)cc1. The van der Waals surface area contributed by atoms with Gasteiger partial charge in [-0.05, 0) is 24.1 Å². The van der Waals surface area contributed by atoms with Gasteiger partial charge in [0, 0.05) is 12.5 Å². The summed E-state index contributed by atoms with van der Waals surface area (Å²) >= 11 is 0. The quantitative estimate of drug-likeness (QED) is 0.828. The Labute approximate surface area is 107 Å². The van der Waals surface area contributed by atoms with Crippen LogP contribution in [0.1, 0.15) is 29.8 Å². The summed E-state index contributed by atoms with van der Waals surface area (Å²) in [6.45, 7) is 3.78. The van der Waals surface area contributed by atoms with Crippen LogP contribution in [0.25, 0.3) is 0 Å². The van der Waals surface area contributed by atoms with Crippen molar-refractivity contribution in [3.05, 3.63) is 35.4 Å². The third-order valence-corrected chi connectivity index (χ3v) is 2.86. The lowest BCUT2D eigenvalue weighted by Crippen LogP contribution is -2.36. The van der Waals surface area contributed by atoms with E-state index in [1.807, 2.05) is 26.0 Å². The van der Waals surface area contributed by atoms with Gasteiger partial charge in [-0.15, -0.1) is 0 Å². The molecule has 0 saturated carbocycles. The number of carbonyl (C=O) groups excluding carboxylic acids is 2. The van der Waals surface area contributed by atoms with Gasteiger partial charge < -0.3 is 10.1 Å². The minimum Gasteiger partial charge on any atom is -0.465 e. The predicted molar refractivity (Wildman–Crippen MR) is 69.3 cm³/mol. The van der Waals surface area contributed by atoms with Gasteiger partial charge in [0.25, 0.3) is 0 Å². The smallest absolute Gasteiger partial charge is 0.337 e. The molecule has 1 aromatic carbocycles. The van der Waals surface area contributed by atoms with Crippen LogP contribution in [0.15, 0.2) is 24.3 Å². The molecule has 98 valence electrons. The Hall–Kier alpha value is -1.84. The average Bonchev–Trinajstić information content (AvgIpc) is 2.37. The molecule has 1 rings (SSSR count). The van der Waals surface area contributed by atoms with E-state index >= 15 is 0 Å². The summed E-state index contributed by atoms with van der Waals surface area (Å²) < 4.78 is 4.63. The minimum absolute atomic E-state index is 0.000422. The van der Waals surface area contributed by atoms with Crippen LogP contribution in [0.5, 0.6) is 0 Å². The molecule has 18 heavy (non-hydrogen) atoms. The summed E-state index contributed by atoms with van der Waals surface area (Å²) in [5.74, 6) is -0.355. The predicted octanol–water partition coefficient (Wildman–Crippen LogP) is 1.79. The molecule has 0 aliphatic heterocycles. The summed E-state index contributed by atoms with van der Waals surface area (Å²) in [6.07, 6.45) is 0.619. The zero-order chi connectivity index (χ0) is 13.8. The first-order chi connectivity index (χ1) is 8.40. The summed E-state index contributed by atoms with van der Waals surface area (Å²) in [5.41, 5.74) is 1.05. The Morgan fingerprint density at radius 1 is 1.22 bits per heavy atom. The lowest BCUT2D eigenvalue weighted by molar-refractivity contribution is -0.128. The van der Waals surface area contributed by atoms with Crippen LogP contribution in [0.4, 0.5) is 0 Å². The highest BCUT2D eigenvalue weighted by Crippen LogP contribution is 2.22. The number of amides is 1. The van der Waals surface area contributed by atoms with E-state index < -0.39 is 5.41 Å². The second-order valence-corrected chi connectivity index (χ2v) is 4.83. The Kier molecular flexibility index (Phi) is 4.48. The van der Waals surface area contributed by atoms with E-state index in [0.717, 1.165) is 5.56 Å². The standard InChI is InChI=1S/C14H19NO3/c1-14(2,13(17)15-3)9-10-5-7-11(8-6-10)12(16)18-4/h5-8H,9H2,1-4H3,(H,15,17). The van der Waals surface area contributed by atoms with E-state index in [0.29, 0.717) is 12.0 Å². The summed E-state index contributed by atoms with van der Waals surface area (Å²) in [6, 6.07) is 7.11. The average molecular weight is 249 g/mol. The summed E-state index contributed by atoms with van der Waals surface area (Å²) in [4.78, 5) is 23.0. The van der Waals surface area contributed by atoms with Crippen molar-refractivity contribution in [3.63, 3.8) is 0 Å². The number of benzene rings is 1. The number of rotatable bonds is 4. The molecular formula is C14H19NO3. The molecule has 0 fully saturated rings. The van der Waals surface area contributed by atoms with E-state index in [1.54, 1.807) is 19.2 Å². The highest BCUT2D eigenvalue weighted by atomic mass is 16.5. The Bertz CT molecular complexity index is 435. The summed E-state index contributed by atoms with van der Waals surface area (Å²) in [5, 5.41) is 2.65. The topological polar surface area (TPSA) is 55.4 Å². The Morgan fingerprint density at radius 3 is 2.22 bits per heavy atom. The van der Waals surface area contributed by atoms with Crippen molar-refractivity contribution in [1.82, 2.24) is 5.32 Å². The Morgan fingerprint density at radius 2 is 1.78 bits per heavy atom. The number of carbonyl (C=O) groups is 2. The van der Waals surface area contributed by atoms with Crippen LogP contribution in [0.2, 0.25) is 0 Å². The molecule has 0 spiro atoms. The molecule has 0 unspecified atom stereocenters. The number of hydrogen-bond acceptors (Lipinski definition) is 3. The highest BCUT2D eigenvalue weighted by Gasteiger charge is 2.26. The van der Waals surface area contributed by atoms with Gasteiger partial charge in [0.15, 0.2) is 0 Å². The second kappa shape index (κ2) is 5.67. The fourth-order valence-corrected chi connectivity index (χ4v) is 1.81. The highest BCUT2D eigenvalue weighted by molar-refractivity contribution is 5.89. The van der Waals surface area contributed by atoms with Gasteiger partial charge in [0.1, 0.15) is 0 Å². The van der Waals surface area contributed by atoms with Crippen LogP contribution >= 0.6 is 0 Å². The monoisotopic (exact) mass is 249 g/mol. The second-order valence-electron chi connectivity index (χ2n) is 4.83. The fourth-order valence-electron chi connectivity index (χ4n) is 1.81. The number of methoxy groups -OCH3 is 1. The Balaban J connectivity index is 2.81. The van der Waals surface area contributed by atoms with Crippen LogP contribution in [0, 0.1) is 5.41 Å². The maximum absolute atomic E-state index is 11.7. The molecule has 0 aliphatic rings. The first kappa shape index (κ1) is 14.2. The minimum atomic E-state index is -0.471. The molecule has 0 radical (unpaired) electrons. The normalized spacial score (nSPS) is 10.9. The van der Waals surface area contributed by atoms with Crippen molar-refractivity contribution in [1.29, 1.82) is 0 Å². The number of nitrogens with one attached hydrogen (secondary N) is 1. The van der Waals surface area contributed by atoms with E-state index in [4.69, 9.17) is 0 Å². The van der Waals surface area contributed by atoms with Gasteiger partial charge in [-0.25, -0.2) is 4.79 Å². The zero-order valence-corrected chi connectivity index (χ0v) is 11.2. The van der Waals surface area contributed by atoms with Crippen molar-refractivity contribution < 1.29 is 14.3 Å². The van der Waals surface area contributed by atoms with Gasteiger partial charge in [0.05, 0.1) is 12.7 Å². The molecule has 4 heteroatoms. The van der Waals surface area contributed by atoms with Crippen molar-refractivity contribution in [2.45, 2.75) is 20.3 Å². The largest absolute Gasteiger partial charge is 0.465 e. The molecule has 1 amide bonds. The van der Waals surface area contributed by atoms with Crippen LogP contribution in [-0.2, 0) is 16.0 Å². The van der Waals surface area contributed by atoms with Gasteiger partial charge >= 0.3 is 5.97 Å². The van der Waals surface area contributed by atoms with Gasteiger partial charge in [-0.1, -0.05) is 26.0 Å². The summed E-state index contributed by atoms with van der Waals surface area (Å²) in [7, 11) is 2.98. The number of esters is 1. The lowest BCUT2D eigenvalue weighted by atomic mass is 9.84.